The lowest BCUT2D eigenvalue weighted by molar-refractivity contribution is -0.175. The molecule has 33 heavy (non-hydrogen) atoms. The van der Waals surface area contributed by atoms with Gasteiger partial charge in [-0.15, -0.1) is 0 Å². The summed E-state index contributed by atoms with van der Waals surface area (Å²) in [6, 6.07) is 9.38. The highest BCUT2D eigenvalue weighted by atomic mass is 35.5. The first-order valence-electron chi connectivity index (χ1n) is 11.0. The quantitative estimate of drug-likeness (QED) is 0.633. The van der Waals surface area contributed by atoms with Crippen LogP contribution in [0.5, 0.6) is 11.5 Å². The van der Waals surface area contributed by atoms with E-state index in [4.69, 9.17) is 21.1 Å². The molecule has 4 aliphatic rings. The van der Waals surface area contributed by atoms with Crippen molar-refractivity contribution < 1.29 is 28.6 Å². The van der Waals surface area contributed by atoms with Gasteiger partial charge in [0.1, 0.15) is 17.3 Å². The third-order valence-corrected chi connectivity index (χ3v) is 7.22. The Morgan fingerprint density at radius 1 is 1.24 bits per heavy atom. The molecule has 0 saturated heterocycles. The fraction of sp³-hybridized carbons (Fsp3) is 0.440. The minimum Gasteiger partial charge on any atom is -0.484 e. The highest BCUT2D eigenvalue weighted by molar-refractivity contribution is 6.30. The van der Waals surface area contributed by atoms with E-state index in [2.05, 4.69) is 5.32 Å². The minimum atomic E-state index is -0.787. The summed E-state index contributed by atoms with van der Waals surface area (Å²) in [4.78, 5) is 25.2. The van der Waals surface area contributed by atoms with Crippen LogP contribution in [0.4, 0.5) is 4.39 Å². The van der Waals surface area contributed by atoms with Crippen LogP contribution in [-0.4, -0.2) is 35.0 Å². The van der Waals surface area contributed by atoms with Crippen LogP contribution >= 0.6 is 11.6 Å². The molecule has 2 aromatic carbocycles. The molecular formula is C25H25ClFNO5. The van der Waals surface area contributed by atoms with E-state index in [0.29, 0.717) is 34.1 Å². The Morgan fingerprint density at radius 2 is 2.00 bits per heavy atom. The van der Waals surface area contributed by atoms with E-state index in [-0.39, 0.29) is 41.5 Å². The Kier molecular flexibility index (Phi) is 5.37. The lowest BCUT2D eigenvalue weighted by atomic mass is 9.38. The molecular weight excluding hydrogens is 449 g/mol. The standard InChI is InChI=1S/C25H25ClFNO5/c1-14-6-16(3-4-18(14)27)32-10-23(31)28-25-11-24(12-25,13-25)9-20(30)22-8-19(29)17-7-15(26)2-5-21(17)33-22/h2-7,19,22,29H,8-13H2,1H3,(H,28,31)/t19-,22-,24?,25?/m1/s1. The molecule has 0 unspecified atom stereocenters. The molecule has 0 radical (unpaired) electrons. The number of halogens is 2. The van der Waals surface area contributed by atoms with Gasteiger partial charge in [0.05, 0.1) is 6.10 Å². The Hall–Kier alpha value is -2.64. The first-order valence-corrected chi connectivity index (χ1v) is 11.4. The summed E-state index contributed by atoms with van der Waals surface area (Å²) >= 11 is 5.99. The maximum atomic E-state index is 13.3. The summed E-state index contributed by atoms with van der Waals surface area (Å²) in [5, 5.41) is 14.0. The highest BCUT2D eigenvalue weighted by Crippen LogP contribution is 2.69. The van der Waals surface area contributed by atoms with E-state index in [1.54, 1.807) is 31.2 Å². The summed E-state index contributed by atoms with van der Waals surface area (Å²) in [5.74, 6) is 0.369. The van der Waals surface area contributed by atoms with Crippen LogP contribution in [0.15, 0.2) is 36.4 Å². The predicted octanol–water partition coefficient (Wildman–Crippen LogP) is 4.05. The number of ether oxygens (including phenoxy) is 2. The molecule has 6 nitrogen and oxygen atoms in total. The zero-order valence-electron chi connectivity index (χ0n) is 18.2. The van der Waals surface area contributed by atoms with Gasteiger partial charge in [-0.3, -0.25) is 9.59 Å². The number of carbonyl (C=O) groups is 2. The molecule has 0 spiro atoms. The Morgan fingerprint density at radius 3 is 2.73 bits per heavy atom. The molecule has 0 aromatic heterocycles. The SMILES string of the molecule is Cc1cc(OCC(=O)NC23CC(CC(=O)[C@H]4C[C@@H](O)c5cc(Cl)ccc5O4)(C2)C3)ccc1F. The number of aliphatic hydroxyl groups is 1. The second-order valence-electron chi connectivity index (χ2n) is 9.74. The van der Waals surface area contributed by atoms with Crippen molar-refractivity contribution in [2.45, 2.75) is 56.8 Å². The molecule has 1 amide bonds. The average Bonchev–Trinajstić information content (AvgIpc) is 2.72. The van der Waals surface area contributed by atoms with Crippen LogP contribution < -0.4 is 14.8 Å². The van der Waals surface area contributed by atoms with Crippen LogP contribution in [0.25, 0.3) is 0 Å². The van der Waals surface area contributed by atoms with E-state index >= 15 is 0 Å². The van der Waals surface area contributed by atoms with Crippen LogP contribution in [0, 0.1) is 18.2 Å². The number of aliphatic hydroxyl groups excluding tert-OH is 1. The number of nitrogens with one attached hydrogen (secondary N) is 1. The predicted molar refractivity (Wildman–Crippen MR) is 119 cm³/mol. The molecule has 1 aliphatic heterocycles. The summed E-state index contributed by atoms with van der Waals surface area (Å²) in [6.07, 6.45) is 1.35. The summed E-state index contributed by atoms with van der Waals surface area (Å²) in [5.41, 5.74) is 0.696. The van der Waals surface area contributed by atoms with Crippen molar-refractivity contribution in [1.82, 2.24) is 5.32 Å². The number of aryl methyl sites for hydroxylation is 1. The highest BCUT2D eigenvalue weighted by Gasteiger charge is 2.68. The van der Waals surface area contributed by atoms with Crippen molar-refractivity contribution in [2.75, 3.05) is 6.61 Å². The zero-order chi connectivity index (χ0) is 23.4. The van der Waals surface area contributed by atoms with Crippen LogP contribution in [0.2, 0.25) is 5.02 Å². The van der Waals surface area contributed by atoms with Crippen molar-refractivity contribution in [3.63, 3.8) is 0 Å². The van der Waals surface area contributed by atoms with Gasteiger partial charge in [0, 0.05) is 29.0 Å². The van der Waals surface area contributed by atoms with Crippen molar-refractivity contribution in [2.24, 2.45) is 5.41 Å². The molecule has 8 heteroatoms. The first kappa shape index (κ1) is 22.2. The summed E-state index contributed by atoms with van der Waals surface area (Å²) < 4.78 is 24.7. The lowest BCUT2D eigenvalue weighted by Crippen LogP contribution is -2.75. The van der Waals surface area contributed by atoms with E-state index in [9.17, 15) is 19.1 Å². The smallest absolute Gasteiger partial charge is 0.258 e. The summed E-state index contributed by atoms with van der Waals surface area (Å²) in [6.45, 7) is 1.49. The monoisotopic (exact) mass is 473 g/mol. The largest absolute Gasteiger partial charge is 0.484 e. The Labute approximate surface area is 196 Å². The van der Waals surface area contributed by atoms with Gasteiger partial charge in [0.25, 0.3) is 5.91 Å². The number of rotatable bonds is 7. The van der Waals surface area contributed by atoms with Crippen molar-refractivity contribution in [3.8, 4) is 11.5 Å². The molecule has 2 bridgehead atoms. The summed E-state index contributed by atoms with van der Waals surface area (Å²) in [7, 11) is 0. The molecule has 3 saturated carbocycles. The fourth-order valence-electron chi connectivity index (χ4n) is 5.60. The molecule has 3 fully saturated rings. The molecule has 6 rings (SSSR count). The van der Waals surface area contributed by atoms with Crippen LogP contribution in [0.3, 0.4) is 0 Å². The van der Waals surface area contributed by atoms with Crippen molar-refractivity contribution in [3.05, 3.63) is 58.4 Å². The van der Waals surface area contributed by atoms with Gasteiger partial charge in [-0.05, 0) is 73.6 Å². The molecule has 3 aliphatic carbocycles. The van der Waals surface area contributed by atoms with Crippen LogP contribution in [0.1, 0.15) is 49.3 Å². The van der Waals surface area contributed by atoms with Crippen LogP contribution in [-0.2, 0) is 9.59 Å². The number of ketones is 1. The third-order valence-electron chi connectivity index (χ3n) is 6.99. The second-order valence-corrected chi connectivity index (χ2v) is 10.2. The van der Waals surface area contributed by atoms with Crippen molar-refractivity contribution >= 4 is 23.3 Å². The second kappa shape index (κ2) is 7.99. The van der Waals surface area contributed by atoms with Gasteiger partial charge in [-0.25, -0.2) is 4.39 Å². The lowest BCUT2D eigenvalue weighted by Gasteiger charge is -2.70. The number of Topliss-reactive ketones (excluding diaryl/α,β-unsaturated/α-hetero) is 1. The first-order chi connectivity index (χ1) is 15.7. The minimum absolute atomic E-state index is 0.0238. The molecule has 2 aromatic rings. The number of benzene rings is 2. The average molecular weight is 474 g/mol. The molecule has 1 heterocycles. The Balaban J connectivity index is 1.10. The number of amides is 1. The van der Waals surface area contributed by atoms with E-state index in [1.165, 1.54) is 12.1 Å². The van der Waals surface area contributed by atoms with E-state index in [1.807, 2.05) is 0 Å². The normalized spacial score (nSPS) is 29.1. The maximum Gasteiger partial charge on any atom is 0.258 e. The van der Waals surface area contributed by atoms with Gasteiger partial charge < -0.3 is 19.9 Å². The number of carbonyl (C=O) groups excluding carboxylic acids is 2. The number of hydrogen-bond donors (Lipinski definition) is 2. The fourth-order valence-corrected chi connectivity index (χ4v) is 5.79. The molecule has 174 valence electrons. The maximum absolute atomic E-state index is 13.3. The topological polar surface area (TPSA) is 84.9 Å². The van der Waals surface area contributed by atoms with E-state index in [0.717, 1.165) is 19.3 Å². The van der Waals surface area contributed by atoms with Gasteiger partial charge >= 0.3 is 0 Å². The molecule has 2 atom stereocenters. The van der Waals surface area contributed by atoms with Crippen molar-refractivity contribution in [1.29, 1.82) is 0 Å². The van der Waals surface area contributed by atoms with Gasteiger partial charge in [-0.1, -0.05) is 11.6 Å². The van der Waals surface area contributed by atoms with E-state index < -0.39 is 12.2 Å². The van der Waals surface area contributed by atoms with Gasteiger partial charge in [-0.2, -0.15) is 0 Å². The third kappa shape index (κ3) is 4.20. The number of fused-ring (bicyclic) bond motifs is 1. The number of hydrogen-bond acceptors (Lipinski definition) is 5. The Bertz CT molecular complexity index is 1120. The van der Waals surface area contributed by atoms with Gasteiger partial charge in [0.2, 0.25) is 0 Å². The van der Waals surface area contributed by atoms with Gasteiger partial charge in [0.15, 0.2) is 18.5 Å². The molecule has 2 N–H and O–H groups in total. The zero-order valence-corrected chi connectivity index (χ0v) is 19.0.